The molecule has 0 aliphatic heterocycles. The van der Waals surface area contributed by atoms with E-state index in [1.807, 2.05) is 59.3 Å². The van der Waals surface area contributed by atoms with Crippen molar-refractivity contribution in [3.63, 3.8) is 0 Å². The molecule has 5 nitrogen and oxygen atoms in total. The van der Waals surface area contributed by atoms with Gasteiger partial charge in [-0.3, -0.25) is 9.36 Å². The molecule has 0 radical (unpaired) electrons. The van der Waals surface area contributed by atoms with Crippen LogP contribution in [0.15, 0.2) is 71.2 Å². The first-order valence-corrected chi connectivity index (χ1v) is 11.5. The van der Waals surface area contributed by atoms with Crippen molar-refractivity contribution in [2.75, 3.05) is 5.32 Å². The molecule has 2 aromatic heterocycles. The van der Waals surface area contributed by atoms with Crippen molar-refractivity contribution >= 4 is 57.9 Å². The van der Waals surface area contributed by atoms with E-state index < -0.39 is 5.25 Å². The summed E-state index contributed by atoms with van der Waals surface area (Å²) < 4.78 is 1.97. The van der Waals surface area contributed by atoms with E-state index in [1.165, 1.54) is 11.8 Å². The lowest BCUT2D eigenvalue weighted by Gasteiger charge is -2.14. The minimum Gasteiger partial charge on any atom is -0.325 e. The Morgan fingerprint density at radius 2 is 1.80 bits per heavy atom. The van der Waals surface area contributed by atoms with E-state index in [2.05, 4.69) is 15.5 Å². The molecule has 0 saturated carbocycles. The van der Waals surface area contributed by atoms with Crippen LogP contribution in [0, 0.1) is 0 Å². The highest BCUT2D eigenvalue weighted by molar-refractivity contribution is 8.00. The molecular weight excluding hydrogens is 459 g/mol. The number of thioether (sulfide) groups is 1. The number of nitrogens with one attached hydrogen (secondary N) is 1. The molecule has 0 aliphatic rings. The molecule has 1 unspecified atom stereocenters. The van der Waals surface area contributed by atoms with Crippen LogP contribution < -0.4 is 5.32 Å². The zero-order chi connectivity index (χ0) is 21.1. The first-order valence-electron chi connectivity index (χ1n) is 8.99. The van der Waals surface area contributed by atoms with Crippen molar-refractivity contribution in [3.8, 4) is 16.4 Å². The lowest BCUT2D eigenvalue weighted by atomic mass is 10.3. The van der Waals surface area contributed by atoms with Gasteiger partial charge in [0.1, 0.15) is 0 Å². The summed E-state index contributed by atoms with van der Waals surface area (Å²) in [6.45, 7) is 1.82. The number of hydrogen-bond acceptors (Lipinski definition) is 5. The number of halogens is 2. The average Bonchev–Trinajstić information content (AvgIpc) is 3.37. The molecule has 0 aliphatic carbocycles. The number of amides is 1. The Labute approximate surface area is 192 Å². The second-order valence-corrected chi connectivity index (χ2v) is 9.49. The SMILES string of the molecule is CC(Sc1nnc(-c2cccs2)n1-c1ccccc1)C(=O)Nc1cc(Cl)cc(Cl)c1. The van der Waals surface area contributed by atoms with E-state index in [9.17, 15) is 4.79 Å². The highest BCUT2D eigenvalue weighted by atomic mass is 35.5. The molecule has 0 bridgehead atoms. The molecule has 2 aromatic carbocycles. The number of thiophene rings is 1. The molecule has 4 rings (SSSR count). The second kappa shape index (κ2) is 9.22. The Kier molecular flexibility index (Phi) is 6.43. The molecule has 0 saturated heterocycles. The van der Waals surface area contributed by atoms with Crippen LogP contribution in [0.25, 0.3) is 16.4 Å². The molecule has 0 fully saturated rings. The molecule has 30 heavy (non-hydrogen) atoms. The molecule has 152 valence electrons. The normalized spacial score (nSPS) is 12.0. The van der Waals surface area contributed by atoms with Crippen molar-refractivity contribution in [1.29, 1.82) is 0 Å². The Morgan fingerprint density at radius 3 is 2.47 bits per heavy atom. The fourth-order valence-electron chi connectivity index (χ4n) is 2.80. The maximum Gasteiger partial charge on any atom is 0.237 e. The van der Waals surface area contributed by atoms with Crippen LogP contribution in [0.3, 0.4) is 0 Å². The summed E-state index contributed by atoms with van der Waals surface area (Å²) in [4.78, 5) is 13.8. The van der Waals surface area contributed by atoms with Gasteiger partial charge in [-0.25, -0.2) is 0 Å². The monoisotopic (exact) mass is 474 g/mol. The van der Waals surface area contributed by atoms with E-state index in [-0.39, 0.29) is 5.91 Å². The van der Waals surface area contributed by atoms with Crippen LogP contribution in [0.1, 0.15) is 6.92 Å². The Bertz CT molecular complexity index is 1140. The van der Waals surface area contributed by atoms with Gasteiger partial charge in [0.05, 0.1) is 10.1 Å². The fraction of sp³-hybridized carbons (Fsp3) is 0.0952. The summed E-state index contributed by atoms with van der Waals surface area (Å²) in [6, 6.07) is 18.8. The van der Waals surface area contributed by atoms with E-state index >= 15 is 0 Å². The zero-order valence-corrected chi connectivity index (χ0v) is 18.9. The quantitative estimate of drug-likeness (QED) is 0.327. The van der Waals surface area contributed by atoms with Crippen LogP contribution in [0.5, 0.6) is 0 Å². The standard InChI is InChI=1S/C21H16Cl2N4OS2/c1-13(20(28)24-16-11-14(22)10-15(23)12-16)30-21-26-25-19(18-8-5-9-29-18)27(21)17-6-3-2-4-7-17/h2-13H,1H3,(H,24,28). The predicted molar refractivity (Wildman–Crippen MR) is 125 cm³/mol. The van der Waals surface area contributed by atoms with Crippen LogP contribution >= 0.6 is 46.3 Å². The number of carbonyl (C=O) groups is 1. The van der Waals surface area contributed by atoms with Crippen molar-refractivity contribution in [2.24, 2.45) is 0 Å². The van der Waals surface area contributed by atoms with Crippen molar-refractivity contribution in [1.82, 2.24) is 14.8 Å². The molecule has 1 atom stereocenters. The van der Waals surface area contributed by atoms with Gasteiger partial charge in [-0.1, -0.05) is 59.2 Å². The maximum absolute atomic E-state index is 12.7. The van der Waals surface area contributed by atoms with Gasteiger partial charge in [-0.2, -0.15) is 0 Å². The number of rotatable bonds is 6. The molecule has 2 heterocycles. The van der Waals surface area contributed by atoms with Crippen LogP contribution in [-0.4, -0.2) is 25.9 Å². The zero-order valence-electron chi connectivity index (χ0n) is 15.8. The second-order valence-electron chi connectivity index (χ2n) is 6.36. The number of carbonyl (C=O) groups excluding carboxylic acids is 1. The van der Waals surface area contributed by atoms with E-state index in [0.29, 0.717) is 20.9 Å². The summed E-state index contributed by atoms with van der Waals surface area (Å²) in [5.74, 6) is 0.562. The van der Waals surface area contributed by atoms with Crippen LogP contribution in [0.4, 0.5) is 5.69 Å². The Hall–Kier alpha value is -2.32. The van der Waals surface area contributed by atoms with Gasteiger partial charge >= 0.3 is 0 Å². The van der Waals surface area contributed by atoms with Gasteiger partial charge < -0.3 is 5.32 Å². The first kappa shape index (κ1) is 20.9. The number of nitrogens with zero attached hydrogens (tertiary/aromatic N) is 3. The largest absolute Gasteiger partial charge is 0.325 e. The smallest absolute Gasteiger partial charge is 0.237 e. The number of hydrogen-bond donors (Lipinski definition) is 1. The molecular formula is C21H16Cl2N4OS2. The maximum atomic E-state index is 12.7. The van der Waals surface area contributed by atoms with E-state index in [0.717, 1.165) is 16.4 Å². The van der Waals surface area contributed by atoms with Crippen molar-refractivity contribution in [3.05, 3.63) is 76.1 Å². The van der Waals surface area contributed by atoms with Gasteiger partial charge in [0.2, 0.25) is 5.91 Å². The van der Waals surface area contributed by atoms with Crippen LogP contribution in [-0.2, 0) is 4.79 Å². The van der Waals surface area contributed by atoms with Crippen LogP contribution in [0.2, 0.25) is 10.0 Å². The third kappa shape index (κ3) is 4.70. The minimum absolute atomic E-state index is 0.182. The van der Waals surface area contributed by atoms with Gasteiger partial charge in [-0.15, -0.1) is 21.5 Å². The van der Waals surface area contributed by atoms with Gasteiger partial charge in [0.15, 0.2) is 11.0 Å². The summed E-state index contributed by atoms with van der Waals surface area (Å²) in [5.41, 5.74) is 1.48. The summed E-state index contributed by atoms with van der Waals surface area (Å²) in [5, 5.41) is 14.7. The van der Waals surface area contributed by atoms with Crippen molar-refractivity contribution in [2.45, 2.75) is 17.3 Å². The number of para-hydroxylation sites is 1. The molecule has 1 N–H and O–H groups in total. The van der Waals surface area contributed by atoms with Gasteiger partial charge in [-0.05, 0) is 48.7 Å². The molecule has 1 amide bonds. The number of aromatic nitrogens is 3. The fourth-order valence-corrected chi connectivity index (χ4v) is 4.89. The van der Waals surface area contributed by atoms with E-state index in [4.69, 9.17) is 23.2 Å². The lowest BCUT2D eigenvalue weighted by Crippen LogP contribution is -2.22. The highest BCUT2D eigenvalue weighted by Crippen LogP contribution is 2.32. The highest BCUT2D eigenvalue weighted by Gasteiger charge is 2.22. The molecule has 9 heteroatoms. The summed E-state index contributed by atoms with van der Waals surface area (Å²) in [6.07, 6.45) is 0. The number of anilines is 1. The lowest BCUT2D eigenvalue weighted by molar-refractivity contribution is -0.115. The number of benzene rings is 2. The third-order valence-electron chi connectivity index (χ3n) is 4.17. The first-order chi connectivity index (χ1) is 14.5. The summed E-state index contributed by atoms with van der Waals surface area (Å²) >= 11 is 15.0. The van der Waals surface area contributed by atoms with Gasteiger partial charge in [0, 0.05) is 21.4 Å². The topological polar surface area (TPSA) is 59.8 Å². The molecule has 0 spiro atoms. The van der Waals surface area contributed by atoms with Crippen molar-refractivity contribution < 1.29 is 4.79 Å². The average molecular weight is 475 g/mol. The third-order valence-corrected chi connectivity index (χ3v) is 6.52. The van der Waals surface area contributed by atoms with Gasteiger partial charge in [0.25, 0.3) is 0 Å². The molecule has 4 aromatic rings. The Balaban J connectivity index is 1.60. The minimum atomic E-state index is -0.425. The Morgan fingerprint density at radius 1 is 1.07 bits per heavy atom. The summed E-state index contributed by atoms with van der Waals surface area (Å²) in [7, 11) is 0. The predicted octanol–water partition coefficient (Wildman–Crippen LogP) is 6.42. The van der Waals surface area contributed by atoms with E-state index in [1.54, 1.807) is 29.5 Å².